The van der Waals surface area contributed by atoms with Crippen LogP contribution in [-0.2, 0) is 13.2 Å². The van der Waals surface area contributed by atoms with Gasteiger partial charge >= 0.3 is 0 Å². The number of pyridine rings is 1. The van der Waals surface area contributed by atoms with Gasteiger partial charge in [0.15, 0.2) is 0 Å². The molecule has 2 aromatic heterocycles. The third-order valence-electron chi connectivity index (χ3n) is 3.37. The Morgan fingerprint density at radius 3 is 2.95 bits per heavy atom. The van der Waals surface area contributed by atoms with Crippen molar-refractivity contribution in [2.24, 2.45) is 0 Å². The molecule has 3 rings (SSSR count). The van der Waals surface area contributed by atoms with Gasteiger partial charge in [-0.15, -0.1) is 0 Å². The van der Waals surface area contributed by atoms with E-state index >= 15 is 0 Å². The topological polar surface area (TPSA) is 38.0 Å². The van der Waals surface area contributed by atoms with E-state index < -0.39 is 0 Å². The molecule has 0 unspecified atom stereocenters. The quantitative estimate of drug-likeness (QED) is 0.778. The van der Waals surface area contributed by atoms with Crippen LogP contribution in [0.4, 0.5) is 0 Å². The molecule has 3 aromatic rings. The number of aliphatic hydroxyl groups excluding tert-OH is 1. The minimum absolute atomic E-state index is 0.0447. The van der Waals surface area contributed by atoms with Crippen molar-refractivity contribution >= 4 is 10.9 Å². The third kappa shape index (κ3) is 2.25. The molecule has 0 aliphatic heterocycles. The maximum absolute atomic E-state index is 9.42. The summed E-state index contributed by atoms with van der Waals surface area (Å²) in [5.74, 6) is 0. The first kappa shape index (κ1) is 11.9. The molecule has 0 radical (unpaired) electrons. The maximum Gasteiger partial charge on any atom is 0.0703 e. The summed E-state index contributed by atoms with van der Waals surface area (Å²) in [6, 6.07) is 10.5. The molecular weight excluding hydrogens is 236 g/mol. The van der Waals surface area contributed by atoms with E-state index in [2.05, 4.69) is 40.7 Å². The van der Waals surface area contributed by atoms with Gasteiger partial charge in [0.25, 0.3) is 0 Å². The highest BCUT2D eigenvalue weighted by Gasteiger charge is 2.07. The first-order chi connectivity index (χ1) is 9.28. The fourth-order valence-electron chi connectivity index (χ4n) is 2.48. The number of aromatic nitrogens is 2. The molecule has 0 aliphatic rings. The number of fused-ring (bicyclic) bond motifs is 1. The minimum atomic E-state index is 0.0447. The first-order valence-electron chi connectivity index (χ1n) is 6.36. The van der Waals surface area contributed by atoms with Gasteiger partial charge in [-0.3, -0.25) is 4.98 Å². The van der Waals surface area contributed by atoms with Gasteiger partial charge in [-0.05, 0) is 18.6 Å². The normalized spacial score (nSPS) is 11.1. The summed E-state index contributed by atoms with van der Waals surface area (Å²) in [5.41, 5.74) is 4.56. The van der Waals surface area contributed by atoms with Crippen molar-refractivity contribution in [1.82, 2.24) is 9.55 Å². The number of nitrogens with zero attached hydrogens (tertiary/aromatic N) is 2. The second-order valence-electron chi connectivity index (χ2n) is 4.82. The van der Waals surface area contributed by atoms with Gasteiger partial charge in [0, 0.05) is 36.1 Å². The number of aryl methyl sites for hydroxylation is 1. The third-order valence-corrected chi connectivity index (χ3v) is 3.37. The van der Waals surface area contributed by atoms with Gasteiger partial charge in [-0.1, -0.05) is 29.8 Å². The standard InChI is InChI=1S/C16H16N2O/c1-12-3-2-4-13(7-12)9-18-10-14(11-19)15-8-17-6-5-16(15)18/h2-8,10,19H,9,11H2,1H3. The highest BCUT2D eigenvalue weighted by atomic mass is 16.3. The Kier molecular flexibility index (Phi) is 3.05. The van der Waals surface area contributed by atoms with E-state index in [1.165, 1.54) is 11.1 Å². The van der Waals surface area contributed by atoms with Crippen molar-refractivity contribution in [2.45, 2.75) is 20.1 Å². The van der Waals surface area contributed by atoms with Gasteiger partial charge in [0.2, 0.25) is 0 Å². The number of rotatable bonds is 3. The van der Waals surface area contributed by atoms with Crippen LogP contribution >= 0.6 is 0 Å². The van der Waals surface area contributed by atoms with Crippen molar-refractivity contribution < 1.29 is 5.11 Å². The summed E-state index contributed by atoms with van der Waals surface area (Å²) in [6.45, 7) is 2.95. The summed E-state index contributed by atoms with van der Waals surface area (Å²) in [4.78, 5) is 4.13. The van der Waals surface area contributed by atoms with Crippen molar-refractivity contribution in [1.29, 1.82) is 0 Å². The van der Waals surface area contributed by atoms with E-state index in [4.69, 9.17) is 0 Å². The summed E-state index contributed by atoms with van der Waals surface area (Å²) >= 11 is 0. The summed E-state index contributed by atoms with van der Waals surface area (Å²) in [6.07, 6.45) is 5.61. The average molecular weight is 252 g/mol. The number of aliphatic hydroxyl groups is 1. The molecule has 0 spiro atoms. The molecule has 3 nitrogen and oxygen atoms in total. The van der Waals surface area contributed by atoms with Crippen molar-refractivity contribution in [3.8, 4) is 0 Å². The molecule has 0 saturated heterocycles. The van der Waals surface area contributed by atoms with Crippen LogP contribution in [0.2, 0.25) is 0 Å². The zero-order valence-corrected chi connectivity index (χ0v) is 10.9. The van der Waals surface area contributed by atoms with E-state index in [0.29, 0.717) is 0 Å². The lowest BCUT2D eigenvalue weighted by Gasteiger charge is -2.06. The zero-order chi connectivity index (χ0) is 13.2. The molecule has 0 atom stereocenters. The molecular formula is C16H16N2O. The van der Waals surface area contributed by atoms with Crippen molar-refractivity contribution in [3.63, 3.8) is 0 Å². The van der Waals surface area contributed by atoms with Gasteiger partial charge < -0.3 is 9.67 Å². The highest BCUT2D eigenvalue weighted by Crippen LogP contribution is 2.21. The van der Waals surface area contributed by atoms with E-state index in [1.54, 1.807) is 6.20 Å². The molecule has 0 bridgehead atoms. The molecule has 0 saturated carbocycles. The zero-order valence-electron chi connectivity index (χ0n) is 10.9. The maximum atomic E-state index is 9.42. The Morgan fingerprint density at radius 1 is 1.26 bits per heavy atom. The number of hydrogen-bond acceptors (Lipinski definition) is 2. The molecule has 19 heavy (non-hydrogen) atoms. The minimum Gasteiger partial charge on any atom is -0.392 e. The Balaban J connectivity index is 2.06. The van der Waals surface area contributed by atoms with Crippen molar-refractivity contribution in [2.75, 3.05) is 0 Å². The van der Waals surface area contributed by atoms with Crippen LogP contribution in [0.15, 0.2) is 48.9 Å². The molecule has 0 fully saturated rings. The van der Waals surface area contributed by atoms with E-state index in [9.17, 15) is 5.11 Å². The highest BCUT2D eigenvalue weighted by molar-refractivity contribution is 5.82. The molecule has 0 amide bonds. The van der Waals surface area contributed by atoms with Crippen LogP contribution in [-0.4, -0.2) is 14.7 Å². The van der Waals surface area contributed by atoms with Crippen LogP contribution < -0.4 is 0 Å². The second kappa shape index (κ2) is 4.86. The molecule has 0 aliphatic carbocycles. The van der Waals surface area contributed by atoms with Crippen molar-refractivity contribution in [3.05, 3.63) is 65.6 Å². The van der Waals surface area contributed by atoms with E-state index in [0.717, 1.165) is 23.0 Å². The smallest absolute Gasteiger partial charge is 0.0703 e. The lowest BCUT2D eigenvalue weighted by Crippen LogP contribution is -1.98. The molecule has 2 heterocycles. The number of benzene rings is 1. The average Bonchev–Trinajstić information content (AvgIpc) is 2.77. The molecule has 96 valence electrons. The Morgan fingerprint density at radius 2 is 2.16 bits per heavy atom. The Hall–Kier alpha value is -2.13. The summed E-state index contributed by atoms with van der Waals surface area (Å²) in [7, 11) is 0. The van der Waals surface area contributed by atoms with Gasteiger partial charge in [0.05, 0.1) is 12.1 Å². The summed E-state index contributed by atoms with van der Waals surface area (Å²) in [5, 5.41) is 10.4. The summed E-state index contributed by atoms with van der Waals surface area (Å²) < 4.78 is 2.16. The Bertz CT molecular complexity index is 716. The largest absolute Gasteiger partial charge is 0.392 e. The van der Waals surface area contributed by atoms with E-state index in [-0.39, 0.29) is 6.61 Å². The lowest BCUT2D eigenvalue weighted by molar-refractivity contribution is 0.283. The van der Waals surface area contributed by atoms with Crippen LogP contribution in [0, 0.1) is 6.92 Å². The van der Waals surface area contributed by atoms with Crippen LogP contribution in [0.3, 0.4) is 0 Å². The van der Waals surface area contributed by atoms with Crippen LogP contribution in [0.1, 0.15) is 16.7 Å². The second-order valence-corrected chi connectivity index (χ2v) is 4.82. The molecule has 1 aromatic carbocycles. The molecule has 3 heteroatoms. The molecule has 1 N–H and O–H groups in total. The van der Waals surface area contributed by atoms with Crippen LogP contribution in [0.25, 0.3) is 10.9 Å². The fourth-order valence-corrected chi connectivity index (χ4v) is 2.48. The predicted molar refractivity (Wildman–Crippen MR) is 75.9 cm³/mol. The van der Waals surface area contributed by atoms with Crippen LogP contribution in [0.5, 0.6) is 0 Å². The van der Waals surface area contributed by atoms with Gasteiger partial charge in [-0.2, -0.15) is 0 Å². The van der Waals surface area contributed by atoms with Gasteiger partial charge in [0.1, 0.15) is 0 Å². The number of hydrogen-bond donors (Lipinski definition) is 1. The van der Waals surface area contributed by atoms with E-state index in [1.807, 2.05) is 18.5 Å². The monoisotopic (exact) mass is 252 g/mol. The SMILES string of the molecule is Cc1cccc(Cn2cc(CO)c3cnccc32)c1. The lowest BCUT2D eigenvalue weighted by atomic mass is 10.1. The van der Waals surface area contributed by atoms with Gasteiger partial charge in [-0.25, -0.2) is 0 Å². The fraction of sp³-hybridized carbons (Fsp3) is 0.188. The first-order valence-corrected chi connectivity index (χ1v) is 6.36. The Labute approximate surface area is 112 Å². The predicted octanol–water partition coefficient (Wildman–Crippen LogP) is 2.89.